The van der Waals surface area contributed by atoms with E-state index in [1.165, 1.54) is 25.3 Å². The molecule has 0 fully saturated rings. The van der Waals surface area contributed by atoms with Crippen LogP contribution in [0.5, 0.6) is 0 Å². The highest BCUT2D eigenvalue weighted by Gasteiger charge is 2.30. The fraction of sp³-hybridized carbons (Fsp3) is 0.833. The maximum atomic E-state index is 3.85. The second-order valence-corrected chi connectivity index (χ2v) is 6.69. The maximum Gasteiger partial charge on any atom is 0.0314 e. The summed E-state index contributed by atoms with van der Waals surface area (Å²) >= 11 is 0. The molecule has 0 saturated heterocycles. The van der Waals surface area contributed by atoms with Crippen LogP contribution in [0.1, 0.15) is 47.0 Å². The van der Waals surface area contributed by atoms with Crippen molar-refractivity contribution in [1.82, 2.24) is 0 Å². The highest BCUT2D eigenvalue weighted by molar-refractivity contribution is 6.40. The predicted molar refractivity (Wildman–Crippen MR) is 66.3 cm³/mol. The van der Waals surface area contributed by atoms with Gasteiger partial charge in [-0.25, -0.2) is 0 Å². The molecule has 0 aliphatic rings. The van der Waals surface area contributed by atoms with Crippen LogP contribution in [0.2, 0.25) is 11.1 Å². The number of hydrogen-bond donors (Lipinski definition) is 0. The molecule has 0 bridgehead atoms. The molecule has 0 saturated carbocycles. The average molecular weight is 198 g/mol. The average Bonchev–Trinajstić information content (AvgIpc) is 2.19. The van der Waals surface area contributed by atoms with Gasteiger partial charge in [-0.15, -0.1) is 6.58 Å². The van der Waals surface area contributed by atoms with Crippen molar-refractivity contribution in [3.8, 4) is 0 Å². The number of hydrogen-bond acceptors (Lipinski definition) is 0. The van der Waals surface area contributed by atoms with Crippen LogP contribution < -0.4 is 0 Å². The van der Waals surface area contributed by atoms with Crippen molar-refractivity contribution in [1.29, 1.82) is 0 Å². The molecule has 13 heavy (non-hydrogen) atoms. The third-order valence-electron chi connectivity index (χ3n) is 3.91. The van der Waals surface area contributed by atoms with Crippen molar-refractivity contribution in [2.75, 3.05) is 0 Å². The molecule has 1 atom stereocenters. The van der Waals surface area contributed by atoms with Crippen LogP contribution in [-0.4, -0.2) is 9.52 Å². The number of rotatable bonds is 7. The van der Waals surface area contributed by atoms with E-state index in [9.17, 15) is 0 Å². The van der Waals surface area contributed by atoms with E-state index in [0.29, 0.717) is 5.04 Å². The van der Waals surface area contributed by atoms with Gasteiger partial charge in [0, 0.05) is 9.52 Å². The van der Waals surface area contributed by atoms with E-state index in [4.69, 9.17) is 0 Å². The third-order valence-corrected chi connectivity index (χ3v) is 7.30. The molecule has 0 spiro atoms. The first-order valence-corrected chi connectivity index (χ1v) is 7.48. The molecule has 78 valence electrons. The molecule has 0 aromatic carbocycles. The molecule has 0 aromatic rings. The lowest BCUT2D eigenvalue weighted by Gasteiger charge is -2.37. The standard InChI is InChI=1S/C12H26Si/c1-6-10-13-12(8-3,9-4)11(5)7-2/h6,11H,1,7-10,13H2,2-5H3. The molecule has 0 aliphatic heterocycles. The Balaban J connectivity index is 4.37. The summed E-state index contributed by atoms with van der Waals surface area (Å²) in [4.78, 5) is 0. The van der Waals surface area contributed by atoms with Gasteiger partial charge in [0.05, 0.1) is 0 Å². The quantitative estimate of drug-likeness (QED) is 0.431. The summed E-state index contributed by atoms with van der Waals surface area (Å²) in [6.07, 6.45) is 6.21. The molecule has 0 radical (unpaired) electrons. The largest absolute Gasteiger partial charge is 0.103 e. The van der Waals surface area contributed by atoms with Gasteiger partial charge in [-0.3, -0.25) is 0 Å². The second kappa shape index (κ2) is 6.42. The van der Waals surface area contributed by atoms with Crippen LogP contribution in [0, 0.1) is 5.92 Å². The summed E-state index contributed by atoms with van der Waals surface area (Å²) in [6, 6.07) is 1.31. The molecule has 0 amide bonds. The third kappa shape index (κ3) is 3.30. The molecule has 0 heterocycles. The van der Waals surface area contributed by atoms with Crippen molar-refractivity contribution >= 4 is 9.52 Å². The fourth-order valence-corrected chi connectivity index (χ4v) is 4.64. The predicted octanol–water partition coefficient (Wildman–Crippen LogP) is 3.78. The lowest BCUT2D eigenvalue weighted by molar-refractivity contribution is 0.346. The van der Waals surface area contributed by atoms with Crippen LogP contribution in [-0.2, 0) is 0 Å². The summed E-state index contributed by atoms with van der Waals surface area (Å²) in [5.74, 6) is 0.911. The van der Waals surface area contributed by atoms with Crippen LogP contribution >= 0.6 is 0 Å². The molecular formula is C12H26Si. The zero-order valence-corrected chi connectivity index (χ0v) is 11.3. The summed E-state index contributed by atoms with van der Waals surface area (Å²) in [5, 5.41) is 0.711. The molecular weight excluding hydrogens is 172 g/mol. The summed E-state index contributed by atoms with van der Waals surface area (Å²) in [6.45, 7) is 13.3. The fourth-order valence-electron chi connectivity index (χ4n) is 2.37. The Morgan fingerprint density at radius 2 is 1.85 bits per heavy atom. The van der Waals surface area contributed by atoms with Crippen molar-refractivity contribution in [2.45, 2.75) is 58.0 Å². The Labute approximate surface area is 86.6 Å². The van der Waals surface area contributed by atoms with Crippen molar-refractivity contribution in [3.05, 3.63) is 12.7 Å². The number of allylic oxidation sites excluding steroid dienone is 1. The maximum absolute atomic E-state index is 3.85. The van der Waals surface area contributed by atoms with Gasteiger partial charge in [0.2, 0.25) is 0 Å². The Morgan fingerprint density at radius 3 is 2.15 bits per heavy atom. The first kappa shape index (κ1) is 13.0. The van der Waals surface area contributed by atoms with Crippen molar-refractivity contribution in [2.24, 2.45) is 5.92 Å². The lowest BCUT2D eigenvalue weighted by Crippen LogP contribution is -2.26. The summed E-state index contributed by atoms with van der Waals surface area (Å²) < 4.78 is 0. The molecule has 0 aromatic heterocycles. The van der Waals surface area contributed by atoms with Gasteiger partial charge in [-0.2, -0.15) is 0 Å². The smallest absolute Gasteiger partial charge is 0.0314 e. The monoisotopic (exact) mass is 198 g/mol. The second-order valence-electron chi connectivity index (χ2n) is 4.21. The lowest BCUT2D eigenvalue weighted by atomic mass is 9.86. The van der Waals surface area contributed by atoms with Gasteiger partial charge in [0.25, 0.3) is 0 Å². The first-order chi connectivity index (χ1) is 6.16. The summed E-state index contributed by atoms with van der Waals surface area (Å²) in [7, 11) is 0.0419. The van der Waals surface area contributed by atoms with Gasteiger partial charge >= 0.3 is 0 Å². The van der Waals surface area contributed by atoms with E-state index < -0.39 is 0 Å². The van der Waals surface area contributed by atoms with Crippen LogP contribution in [0.3, 0.4) is 0 Å². The topological polar surface area (TPSA) is 0 Å². The summed E-state index contributed by atoms with van der Waals surface area (Å²) in [5.41, 5.74) is 0. The Hall–Kier alpha value is -0.0431. The van der Waals surface area contributed by atoms with E-state index in [-0.39, 0.29) is 9.52 Å². The Morgan fingerprint density at radius 1 is 1.31 bits per heavy atom. The zero-order chi connectivity index (χ0) is 10.3. The minimum atomic E-state index is 0.0419. The minimum absolute atomic E-state index is 0.0419. The molecule has 1 heteroatoms. The molecule has 0 rings (SSSR count). The highest BCUT2D eigenvalue weighted by atomic mass is 28.2. The van der Waals surface area contributed by atoms with Crippen LogP contribution in [0.15, 0.2) is 12.7 Å². The van der Waals surface area contributed by atoms with Gasteiger partial charge in [-0.05, 0) is 17.0 Å². The van der Waals surface area contributed by atoms with Crippen LogP contribution in [0.4, 0.5) is 0 Å². The SMILES string of the molecule is C=CC[SiH2]C(CC)(CC)C(C)CC. The Bertz CT molecular complexity index is 136. The van der Waals surface area contributed by atoms with E-state index in [1.54, 1.807) is 0 Å². The van der Waals surface area contributed by atoms with Crippen LogP contribution in [0.25, 0.3) is 0 Å². The van der Waals surface area contributed by atoms with Gasteiger partial charge in [0.1, 0.15) is 0 Å². The molecule has 0 N–H and O–H groups in total. The molecule has 0 nitrogen and oxygen atoms in total. The zero-order valence-electron chi connectivity index (χ0n) is 9.90. The molecule has 0 aliphatic carbocycles. The Kier molecular flexibility index (Phi) is 6.40. The van der Waals surface area contributed by atoms with Gasteiger partial charge < -0.3 is 0 Å². The first-order valence-electron chi connectivity index (χ1n) is 5.77. The van der Waals surface area contributed by atoms with E-state index in [1.807, 2.05) is 0 Å². The van der Waals surface area contributed by atoms with E-state index in [0.717, 1.165) is 5.92 Å². The van der Waals surface area contributed by atoms with E-state index in [2.05, 4.69) is 40.3 Å². The highest BCUT2D eigenvalue weighted by Crippen LogP contribution is 2.44. The van der Waals surface area contributed by atoms with Gasteiger partial charge in [0.15, 0.2) is 0 Å². The van der Waals surface area contributed by atoms with E-state index >= 15 is 0 Å². The molecule has 1 unspecified atom stereocenters. The normalized spacial score (nSPS) is 15.1. The van der Waals surface area contributed by atoms with Crippen molar-refractivity contribution < 1.29 is 0 Å². The minimum Gasteiger partial charge on any atom is -0.103 e. The van der Waals surface area contributed by atoms with Crippen molar-refractivity contribution in [3.63, 3.8) is 0 Å². The van der Waals surface area contributed by atoms with Gasteiger partial charge in [-0.1, -0.05) is 53.0 Å².